The smallest absolute Gasteiger partial charge is 0.327 e. The van der Waals surface area contributed by atoms with Gasteiger partial charge in [0.05, 0.1) is 5.56 Å². The summed E-state index contributed by atoms with van der Waals surface area (Å²) in [6, 6.07) is 4.84. The molecule has 0 bridgehead atoms. The van der Waals surface area contributed by atoms with Crippen molar-refractivity contribution < 1.29 is 22.4 Å². The van der Waals surface area contributed by atoms with E-state index in [0.29, 0.717) is 17.8 Å². The molecule has 2 aromatic heterocycles. The van der Waals surface area contributed by atoms with E-state index in [1.165, 1.54) is 25.1 Å². The van der Waals surface area contributed by atoms with Crippen molar-refractivity contribution in [2.24, 2.45) is 0 Å². The van der Waals surface area contributed by atoms with E-state index in [1.54, 1.807) is 6.07 Å². The highest BCUT2D eigenvalue weighted by molar-refractivity contribution is 5.93. The molecule has 0 radical (unpaired) electrons. The largest absolute Gasteiger partial charge is 0.417 e. The van der Waals surface area contributed by atoms with E-state index < -0.39 is 40.8 Å². The molecule has 1 unspecified atom stereocenters. The van der Waals surface area contributed by atoms with Crippen LogP contribution in [0.5, 0.6) is 0 Å². The van der Waals surface area contributed by atoms with Crippen molar-refractivity contribution in [2.75, 3.05) is 5.32 Å². The summed E-state index contributed by atoms with van der Waals surface area (Å²) < 4.78 is 53.3. The number of aryl methyl sites for hydroxylation is 1. The van der Waals surface area contributed by atoms with Crippen molar-refractivity contribution in [1.29, 1.82) is 0 Å². The van der Waals surface area contributed by atoms with Crippen molar-refractivity contribution in [3.63, 3.8) is 0 Å². The minimum absolute atomic E-state index is 0.0632. The lowest BCUT2D eigenvalue weighted by Gasteiger charge is -2.18. The number of benzene rings is 1. The van der Waals surface area contributed by atoms with Gasteiger partial charge in [-0.05, 0) is 41.1 Å². The van der Waals surface area contributed by atoms with Crippen LogP contribution in [0.15, 0.2) is 41.3 Å². The van der Waals surface area contributed by atoms with Crippen molar-refractivity contribution in [1.82, 2.24) is 25.2 Å². The summed E-state index contributed by atoms with van der Waals surface area (Å²) in [7, 11) is 0. The van der Waals surface area contributed by atoms with Gasteiger partial charge < -0.3 is 10.3 Å². The fourth-order valence-electron chi connectivity index (χ4n) is 2.66. The van der Waals surface area contributed by atoms with Crippen LogP contribution in [0.3, 0.4) is 0 Å². The van der Waals surface area contributed by atoms with Crippen LogP contribution in [0.2, 0.25) is 0 Å². The van der Waals surface area contributed by atoms with Gasteiger partial charge in [0.2, 0.25) is 5.91 Å². The van der Waals surface area contributed by atoms with Crippen LogP contribution in [0.1, 0.15) is 23.0 Å². The van der Waals surface area contributed by atoms with Gasteiger partial charge in [0.1, 0.15) is 23.4 Å². The second kappa shape index (κ2) is 7.81. The number of hydrogen-bond donors (Lipinski definition) is 2. The van der Waals surface area contributed by atoms with Crippen LogP contribution < -0.4 is 10.9 Å². The number of H-pyrrole nitrogens is 1. The van der Waals surface area contributed by atoms with Crippen LogP contribution in [0.25, 0.3) is 0 Å². The fraction of sp³-hybridized carbons (Fsp3) is 0.235. The van der Waals surface area contributed by atoms with Gasteiger partial charge in [-0.1, -0.05) is 12.1 Å². The minimum atomic E-state index is -4.71. The number of anilines is 1. The van der Waals surface area contributed by atoms with Gasteiger partial charge in [0.25, 0.3) is 5.56 Å². The Bertz CT molecular complexity index is 1090. The van der Waals surface area contributed by atoms with E-state index in [1.807, 2.05) is 4.98 Å². The summed E-state index contributed by atoms with van der Waals surface area (Å²) in [4.78, 5) is 26.6. The Morgan fingerprint density at radius 2 is 2.07 bits per heavy atom. The van der Waals surface area contributed by atoms with Crippen LogP contribution in [0.4, 0.5) is 23.2 Å². The molecule has 12 heteroatoms. The molecule has 0 saturated carbocycles. The topological polar surface area (TPSA) is 106 Å². The van der Waals surface area contributed by atoms with Gasteiger partial charge >= 0.3 is 6.18 Å². The number of halogens is 4. The van der Waals surface area contributed by atoms with Crippen LogP contribution in [0, 0.1) is 12.7 Å². The number of aromatic amines is 1. The zero-order valence-electron chi connectivity index (χ0n) is 14.9. The number of aromatic nitrogens is 5. The van der Waals surface area contributed by atoms with E-state index in [4.69, 9.17) is 0 Å². The molecule has 0 aliphatic heterocycles. The molecule has 0 fully saturated rings. The SMILES string of the molecule is Cc1nnnn1C(Cc1cccc(F)c1)C(=O)Nc1cc(C(F)(F)F)c[nH]c1=O. The second-order valence-corrected chi connectivity index (χ2v) is 6.14. The summed E-state index contributed by atoms with van der Waals surface area (Å²) in [5.41, 5.74) is -2.20. The van der Waals surface area contributed by atoms with E-state index in [9.17, 15) is 27.2 Å². The Balaban J connectivity index is 1.94. The normalized spacial score (nSPS) is 12.6. The van der Waals surface area contributed by atoms with Gasteiger partial charge in [-0.25, -0.2) is 9.07 Å². The molecule has 152 valence electrons. The highest BCUT2D eigenvalue weighted by Crippen LogP contribution is 2.29. The average Bonchev–Trinajstić information content (AvgIpc) is 3.06. The third-order valence-corrected chi connectivity index (χ3v) is 4.06. The van der Waals surface area contributed by atoms with E-state index in [2.05, 4.69) is 20.8 Å². The number of amides is 1. The molecule has 1 atom stereocenters. The van der Waals surface area contributed by atoms with Crippen molar-refractivity contribution in [3.05, 3.63) is 69.7 Å². The zero-order valence-corrected chi connectivity index (χ0v) is 14.9. The molecule has 0 saturated heterocycles. The first-order valence-corrected chi connectivity index (χ1v) is 8.25. The highest BCUT2D eigenvalue weighted by atomic mass is 19.4. The van der Waals surface area contributed by atoms with Crippen LogP contribution >= 0.6 is 0 Å². The third kappa shape index (κ3) is 4.65. The average molecular weight is 410 g/mol. The zero-order chi connectivity index (χ0) is 21.2. The van der Waals surface area contributed by atoms with Crippen LogP contribution in [-0.2, 0) is 17.4 Å². The lowest BCUT2D eigenvalue weighted by Crippen LogP contribution is -2.31. The maximum atomic E-state index is 13.5. The van der Waals surface area contributed by atoms with Gasteiger partial charge in [-0.2, -0.15) is 13.2 Å². The molecule has 3 rings (SSSR count). The van der Waals surface area contributed by atoms with E-state index >= 15 is 0 Å². The number of nitrogens with one attached hydrogen (secondary N) is 2. The first-order chi connectivity index (χ1) is 13.6. The summed E-state index contributed by atoms with van der Waals surface area (Å²) >= 11 is 0. The number of carbonyl (C=O) groups excluding carboxylic acids is 1. The summed E-state index contributed by atoms with van der Waals surface area (Å²) in [5.74, 6) is -1.11. The fourth-order valence-corrected chi connectivity index (χ4v) is 2.66. The van der Waals surface area contributed by atoms with Crippen molar-refractivity contribution >= 4 is 11.6 Å². The Kier molecular flexibility index (Phi) is 5.43. The van der Waals surface area contributed by atoms with Gasteiger partial charge in [0, 0.05) is 12.6 Å². The van der Waals surface area contributed by atoms with Gasteiger partial charge in [0.15, 0.2) is 0 Å². The molecule has 29 heavy (non-hydrogen) atoms. The maximum Gasteiger partial charge on any atom is 0.417 e. The molecule has 0 aliphatic carbocycles. The molecule has 1 amide bonds. The third-order valence-electron chi connectivity index (χ3n) is 4.06. The Morgan fingerprint density at radius 3 is 2.69 bits per heavy atom. The Morgan fingerprint density at radius 1 is 1.31 bits per heavy atom. The predicted octanol–water partition coefficient (Wildman–Crippen LogP) is 2.25. The highest BCUT2D eigenvalue weighted by Gasteiger charge is 2.32. The molecule has 3 aromatic rings. The Labute approximate surface area is 160 Å². The lowest BCUT2D eigenvalue weighted by molar-refractivity contribution is -0.137. The number of alkyl halides is 3. The van der Waals surface area contributed by atoms with E-state index in [0.717, 1.165) is 4.68 Å². The van der Waals surface area contributed by atoms with E-state index in [-0.39, 0.29) is 12.2 Å². The molecule has 0 aliphatic rings. The minimum Gasteiger partial charge on any atom is -0.327 e. The first kappa shape index (κ1) is 20.2. The van der Waals surface area contributed by atoms with Crippen molar-refractivity contribution in [3.8, 4) is 0 Å². The number of hydrogen-bond acceptors (Lipinski definition) is 5. The number of carbonyl (C=O) groups is 1. The quantitative estimate of drug-likeness (QED) is 0.628. The first-order valence-electron chi connectivity index (χ1n) is 8.25. The lowest BCUT2D eigenvalue weighted by atomic mass is 10.0. The molecular formula is C17H14F4N6O2. The van der Waals surface area contributed by atoms with Gasteiger partial charge in [-0.15, -0.1) is 5.10 Å². The summed E-state index contributed by atoms with van der Waals surface area (Å²) in [6.45, 7) is 1.52. The molecular weight excluding hydrogens is 396 g/mol. The number of rotatable bonds is 5. The standard InChI is InChI=1S/C17H14F4N6O2/c1-9-24-25-26-27(9)14(6-10-3-2-4-12(18)5-10)16(29)23-13-7-11(17(19,20)21)8-22-15(13)28/h2-5,7-8,14H,6H2,1H3,(H,22,28)(H,23,29). The second-order valence-electron chi connectivity index (χ2n) is 6.14. The van der Waals surface area contributed by atoms with Crippen LogP contribution in [-0.4, -0.2) is 31.1 Å². The molecule has 2 N–H and O–H groups in total. The Hall–Kier alpha value is -3.57. The number of nitrogens with zero attached hydrogens (tertiary/aromatic N) is 4. The molecule has 1 aromatic carbocycles. The predicted molar refractivity (Wildman–Crippen MR) is 92.4 cm³/mol. The summed E-state index contributed by atoms with van der Waals surface area (Å²) in [5, 5.41) is 13.0. The van der Waals surface area contributed by atoms with Gasteiger partial charge in [-0.3, -0.25) is 9.59 Å². The summed E-state index contributed by atoms with van der Waals surface area (Å²) in [6.07, 6.45) is -4.27. The number of tetrazole rings is 1. The number of pyridine rings is 1. The molecule has 2 heterocycles. The molecule has 0 spiro atoms. The molecule has 8 nitrogen and oxygen atoms in total. The maximum absolute atomic E-state index is 13.5. The monoisotopic (exact) mass is 410 g/mol. The van der Waals surface area contributed by atoms with Crippen molar-refractivity contribution in [2.45, 2.75) is 25.6 Å².